The zero-order valence-corrected chi connectivity index (χ0v) is 10.8. The third-order valence-corrected chi connectivity index (χ3v) is 4.20. The molecule has 0 spiro atoms. The molecule has 0 radical (unpaired) electrons. The van der Waals surface area contributed by atoms with Gasteiger partial charge in [-0.25, -0.2) is 0 Å². The summed E-state index contributed by atoms with van der Waals surface area (Å²) in [6.07, 6.45) is 9.28. The molecule has 2 fully saturated rings. The van der Waals surface area contributed by atoms with E-state index in [1.807, 2.05) is 0 Å². The van der Waals surface area contributed by atoms with E-state index in [1.54, 1.807) is 11.3 Å². The van der Waals surface area contributed by atoms with Crippen LogP contribution in [-0.4, -0.2) is 22.3 Å². The summed E-state index contributed by atoms with van der Waals surface area (Å²) in [5.74, 6) is 0. The topological polar surface area (TPSA) is 47.0 Å². The zero-order valence-electron chi connectivity index (χ0n) is 10.0. The summed E-state index contributed by atoms with van der Waals surface area (Å²) in [5, 5.41) is 13.5. The van der Waals surface area contributed by atoms with Gasteiger partial charge < -0.3 is 10.1 Å². The molecule has 0 amide bonds. The largest absolute Gasteiger partial charge is 0.466 e. The molecular formula is C12H19N3OS. The lowest BCUT2D eigenvalue weighted by atomic mass is 9.98. The molecule has 17 heavy (non-hydrogen) atoms. The van der Waals surface area contributed by atoms with E-state index >= 15 is 0 Å². The van der Waals surface area contributed by atoms with E-state index in [0.29, 0.717) is 6.10 Å². The fourth-order valence-corrected chi connectivity index (χ4v) is 2.91. The Bertz CT molecular complexity index is 358. The summed E-state index contributed by atoms with van der Waals surface area (Å²) in [5.41, 5.74) is 0. The van der Waals surface area contributed by atoms with Crippen molar-refractivity contribution in [3.8, 4) is 5.19 Å². The number of ether oxygens (including phenoxy) is 1. The van der Waals surface area contributed by atoms with Gasteiger partial charge in [-0.05, 0) is 38.5 Å². The molecule has 1 aromatic rings. The van der Waals surface area contributed by atoms with Gasteiger partial charge in [-0.15, -0.1) is 5.10 Å². The Balaban J connectivity index is 1.48. The van der Waals surface area contributed by atoms with Gasteiger partial charge in [0.15, 0.2) is 0 Å². The highest BCUT2D eigenvalue weighted by Crippen LogP contribution is 2.26. The van der Waals surface area contributed by atoms with Gasteiger partial charge in [0.05, 0.1) is 6.54 Å². The fraction of sp³-hybridized carbons (Fsp3) is 0.833. The maximum Gasteiger partial charge on any atom is 0.294 e. The predicted molar refractivity (Wildman–Crippen MR) is 67.3 cm³/mol. The third kappa shape index (κ3) is 3.39. The Morgan fingerprint density at radius 2 is 1.94 bits per heavy atom. The van der Waals surface area contributed by atoms with Gasteiger partial charge in [-0.2, -0.15) is 0 Å². The lowest BCUT2D eigenvalue weighted by Gasteiger charge is -2.20. The van der Waals surface area contributed by atoms with Crippen LogP contribution in [0.5, 0.6) is 5.19 Å². The second-order valence-corrected chi connectivity index (χ2v) is 6.02. The number of aromatic nitrogens is 2. The summed E-state index contributed by atoms with van der Waals surface area (Å²) < 4.78 is 5.88. The van der Waals surface area contributed by atoms with Crippen molar-refractivity contribution in [1.29, 1.82) is 0 Å². The maximum absolute atomic E-state index is 5.88. The maximum atomic E-state index is 5.88. The third-order valence-electron chi connectivity index (χ3n) is 3.39. The Hall–Kier alpha value is -0.680. The highest BCUT2D eigenvalue weighted by Gasteiger charge is 2.21. The van der Waals surface area contributed by atoms with E-state index in [9.17, 15) is 0 Å². The zero-order chi connectivity index (χ0) is 11.5. The lowest BCUT2D eigenvalue weighted by molar-refractivity contribution is 0.153. The first-order chi connectivity index (χ1) is 8.40. The Morgan fingerprint density at radius 3 is 2.71 bits per heavy atom. The first kappa shape index (κ1) is 11.4. The Labute approximate surface area is 106 Å². The van der Waals surface area contributed by atoms with Gasteiger partial charge in [0.25, 0.3) is 5.19 Å². The number of nitrogens with zero attached hydrogens (tertiary/aromatic N) is 2. The SMILES string of the molecule is C1CCC(Oc2nnc(CNC3CC3)s2)CC1. The number of nitrogens with one attached hydrogen (secondary N) is 1. The first-order valence-corrected chi connectivity index (χ1v) is 7.44. The molecule has 0 aliphatic heterocycles. The minimum Gasteiger partial charge on any atom is -0.466 e. The molecule has 5 heteroatoms. The van der Waals surface area contributed by atoms with Gasteiger partial charge in [-0.3, -0.25) is 0 Å². The average molecular weight is 253 g/mol. The van der Waals surface area contributed by atoms with Crippen molar-refractivity contribution in [1.82, 2.24) is 15.5 Å². The van der Waals surface area contributed by atoms with Gasteiger partial charge in [-0.1, -0.05) is 22.9 Å². The predicted octanol–water partition coefficient (Wildman–Crippen LogP) is 2.50. The van der Waals surface area contributed by atoms with E-state index in [0.717, 1.165) is 22.8 Å². The molecular weight excluding hydrogens is 234 g/mol. The van der Waals surface area contributed by atoms with Crippen LogP contribution in [0, 0.1) is 0 Å². The number of rotatable bonds is 5. The first-order valence-electron chi connectivity index (χ1n) is 6.62. The van der Waals surface area contributed by atoms with Crippen molar-refractivity contribution in [2.24, 2.45) is 0 Å². The van der Waals surface area contributed by atoms with Gasteiger partial charge in [0, 0.05) is 6.04 Å². The van der Waals surface area contributed by atoms with Crippen LogP contribution in [0.25, 0.3) is 0 Å². The highest BCUT2D eigenvalue weighted by molar-refractivity contribution is 7.13. The van der Waals surface area contributed by atoms with Crippen molar-refractivity contribution in [2.45, 2.75) is 63.6 Å². The summed E-state index contributed by atoms with van der Waals surface area (Å²) in [6.45, 7) is 0.844. The van der Waals surface area contributed by atoms with Crippen molar-refractivity contribution >= 4 is 11.3 Å². The van der Waals surface area contributed by atoms with Crippen LogP contribution in [0.4, 0.5) is 0 Å². The quantitative estimate of drug-likeness (QED) is 0.876. The second kappa shape index (κ2) is 5.31. The highest BCUT2D eigenvalue weighted by atomic mass is 32.1. The fourth-order valence-electron chi connectivity index (χ4n) is 2.20. The average Bonchev–Trinajstić information content (AvgIpc) is 3.09. The molecule has 0 bridgehead atoms. The summed E-state index contributed by atoms with van der Waals surface area (Å²) in [7, 11) is 0. The van der Waals surface area contributed by atoms with Gasteiger partial charge in [0.1, 0.15) is 11.1 Å². The number of hydrogen-bond donors (Lipinski definition) is 1. The van der Waals surface area contributed by atoms with Crippen molar-refractivity contribution in [3.05, 3.63) is 5.01 Å². The second-order valence-electron chi connectivity index (χ2n) is 4.99. The normalized spacial score (nSPS) is 21.6. The number of hydrogen-bond acceptors (Lipinski definition) is 5. The van der Waals surface area contributed by atoms with Crippen LogP contribution in [0.2, 0.25) is 0 Å². The molecule has 1 aromatic heterocycles. The van der Waals surface area contributed by atoms with Crippen LogP contribution >= 0.6 is 11.3 Å². The molecule has 0 atom stereocenters. The van der Waals surface area contributed by atoms with E-state index in [4.69, 9.17) is 4.74 Å². The van der Waals surface area contributed by atoms with E-state index in [2.05, 4.69) is 15.5 Å². The van der Waals surface area contributed by atoms with Crippen molar-refractivity contribution < 1.29 is 4.74 Å². The smallest absolute Gasteiger partial charge is 0.294 e. The summed E-state index contributed by atoms with van der Waals surface area (Å²) >= 11 is 1.59. The van der Waals surface area contributed by atoms with Gasteiger partial charge >= 0.3 is 0 Å². The molecule has 0 aromatic carbocycles. The minimum absolute atomic E-state index is 0.376. The van der Waals surface area contributed by atoms with Gasteiger partial charge in [0.2, 0.25) is 0 Å². The summed E-state index contributed by atoms with van der Waals surface area (Å²) in [4.78, 5) is 0. The van der Waals surface area contributed by atoms with E-state index < -0.39 is 0 Å². The van der Waals surface area contributed by atoms with E-state index in [1.165, 1.54) is 44.9 Å². The molecule has 1 heterocycles. The van der Waals surface area contributed by atoms with Crippen LogP contribution in [0.3, 0.4) is 0 Å². The van der Waals surface area contributed by atoms with Crippen molar-refractivity contribution in [2.75, 3.05) is 0 Å². The molecule has 4 nitrogen and oxygen atoms in total. The molecule has 2 aliphatic rings. The molecule has 2 saturated carbocycles. The van der Waals surface area contributed by atoms with Crippen LogP contribution in [0.1, 0.15) is 50.0 Å². The molecule has 3 rings (SSSR count). The van der Waals surface area contributed by atoms with Crippen LogP contribution < -0.4 is 10.1 Å². The minimum atomic E-state index is 0.376. The molecule has 0 unspecified atom stereocenters. The molecule has 1 N–H and O–H groups in total. The Kier molecular flexibility index (Phi) is 3.57. The molecule has 2 aliphatic carbocycles. The molecule has 0 saturated heterocycles. The van der Waals surface area contributed by atoms with E-state index in [-0.39, 0.29) is 0 Å². The van der Waals surface area contributed by atoms with Crippen LogP contribution in [-0.2, 0) is 6.54 Å². The van der Waals surface area contributed by atoms with Crippen molar-refractivity contribution in [3.63, 3.8) is 0 Å². The molecule has 94 valence electrons. The monoisotopic (exact) mass is 253 g/mol. The summed E-state index contributed by atoms with van der Waals surface area (Å²) in [6, 6.07) is 0.724. The Morgan fingerprint density at radius 1 is 1.12 bits per heavy atom. The van der Waals surface area contributed by atoms with Crippen LogP contribution in [0.15, 0.2) is 0 Å². The lowest BCUT2D eigenvalue weighted by Crippen LogP contribution is -2.19. The standard InChI is InChI=1S/C12H19N3OS/c1-2-4-10(5-3-1)16-12-15-14-11(17-12)8-13-9-6-7-9/h9-10,13H,1-8H2.